The van der Waals surface area contributed by atoms with Crippen molar-refractivity contribution in [1.82, 2.24) is 0 Å². The maximum atomic E-state index is 5.90. The van der Waals surface area contributed by atoms with Gasteiger partial charge in [-0.2, -0.15) is 0 Å². The van der Waals surface area contributed by atoms with Gasteiger partial charge < -0.3 is 5.73 Å². The van der Waals surface area contributed by atoms with Crippen molar-refractivity contribution in [3.63, 3.8) is 0 Å². The molecule has 1 fully saturated rings. The summed E-state index contributed by atoms with van der Waals surface area (Å²) >= 11 is 0. The zero-order valence-corrected chi connectivity index (χ0v) is 9.10. The van der Waals surface area contributed by atoms with Crippen molar-refractivity contribution in [2.24, 2.45) is 11.1 Å². The summed E-state index contributed by atoms with van der Waals surface area (Å²) in [6.07, 6.45) is 10.4. The number of rotatable bonds is 3. The Labute approximate surface area is 82.4 Å². The van der Waals surface area contributed by atoms with E-state index in [1.165, 1.54) is 44.1 Å². The lowest BCUT2D eigenvalue weighted by atomic mass is 9.71. The first-order chi connectivity index (χ1) is 6.18. The second-order valence-corrected chi connectivity index (χ2v) is 4.75. The van der Waals surface area contributed by atoms with Crippen LogP contribution in [0.4, 0.5) is 0 Å². The van der Waals surface area contributed by atoms with Gasteiger partial charge in [0, 0.05) is 0 Å². The summed E-state index contributed by atoms with van der Waals surface area (Å²) < 4.78 is 0. The Kier molecular flexibility index (Phi) is 3.98. The molecule has 0 spiro atoms. The van der Waals surface area contributed by atoms with Crippen LogP contribution in [0.5, 0.6) is 0 Å². The Morgan fingerprint density at radius 1 is 1.23 bits per heavy atom. The van der Waals surface area contributed by atoms with Gasteiger partial charge in [-0.3, -0.25) is 0 Å². The molecule has 0 aromatic rings. The fourth-order valence-electron chi connectivity index (χ4n) is 2.21. The predicted molar refractivity (Wildman–Crippen MR) is 58.6 cm³/mol. The van der Waals surface area contributed by atoms with Gasteiger partial charge in [0.25, 0.3) is 0 Å². The molecule has 0 saturated heterocycles. The van der Waals surface area contributed by atoms with Crippen LogP contribution in [0.15, 0.2) is 11.6 Å². The lowest BCUT2D eigenvalue weighted by Gasteiger charge is -2.35. The molecule has 0 aromatic carbocycles. The van der Waals surface area contributed by atoms with Gasteiger partial charge in [-0.05, 0) is 45.1 Å². The highest BCUT2D eigenvalue weighted by molar-refractivity contribution is 4.99. The molecule has 0 unspecified atom stereocenters. The molecule has 0 aromatic heterocycles. The van der Waals surface area contributed by atoms with Gasteiger partial charge in [-0.15, -0.1) is 0 Å². The van der Waals surface area contributed by atoms with Gasteiger partial charge >= 0.3 is 0 Å². The fraction of sp³-hybridized carbons (Fsp3) is 0.833. The third-order valence-electron chi connectivity index (χ3n) is 3.29. The average molecular weight is 181 g/mol. The van der Waals surface area contributed by atoms with Crippen LogP contribution >= 0.6 is 0 Å². The third-order valence-corrected chi connectivity index (χ3v) is 3.29. The first-order valence-electron chi connectivity index (χ1n) is 5.52. The maximum Gasteiger partial charge on any atom is -0.00176 e. The number of nitrogens with two attached hydrogens (primary N) is 1. The summed E-state index contributed by atoms with van der Waals surface area (Å²) in [7, 11) is 0. The zero-order chi connectivity index (χ0) is 9.73. The Morgan fingerprint density at radius 3 is 2.31 bits per heavy atom. The molecule has 76 valence electrons. The van der Waals surface area contributed by atoms with E-state index < -0.39 is 0 Å². The van der Waals surface area contributed by atoms with E-state index in [0.29, 0.717) is 5.41 Å². The third kappa shape index (κ3) is 3.15. The van der Waals surface area contributed by atoms with E-state index in [1.807, 2.05) is 0 Å². The van der Waals surface area contributed by atoms with Crippen LogP contribution in [0.1, 0.15) is 52.4 Å². The first kappa shape index (κ1) is 10.8. The van der Waals surface area contributed by atoms with E-state index in [0.717, 1.165) is 6.54 Å². The summed E-state index contributed by atoms with van der Waals surface area (Å²) in [5.74, 6) is 0. The summed E-state index contributed by atoms with van der Waals surface area (Å²) in [5, 5.41) is 0. The molecule has 1 heteroatoms. The highest BCUT2D eigenvalue weighted by atomic mass is 14.6. The topological polar surface area (TPSA) is 26.0 Å². The van der Waals surface area contributed by atoms with Gasteiger partial charge in [0.2, 0.25) is 0 Å². The molecular weight excluding hydrogens is 158 g/mol. The lowest BCUT2D eigenvalue weighted by Crippen LogP contribution is -2.32. The van der Waals surface area contributed by atoms with Crippen LogP contribution in [0, 0.1) is 5.41 Å². The summed E-state index contributed by atoms with van der Waals surface area (Å²) in [4.78, 5) is 0. The molecule has 13 heavy (non-hydrogen) atoms. The number of allylic oxidation sites excluding steroid dienone is 2. The molecular formula is C12H23N. The zero-order valence-electron chi connectivity index (χ0n) is 9.10. The van der Waals surface area contributed by atoms with Crippen LogP contribution in [0.25, 0.3) is 0 Å². The second kappa shape index (κ2) is 4.80. The standard InChI is InChI=1S/C12H23N/c1-11(2)6-9-12(10-13)7-4-3-5-8-12/h6H,3-5,7-10,13H2,1-2H3. The van der Waals surface area contributed by atoms with Crippen LogP contribution in [0.3, 0.4) is 0 Å². The molecule has 1 aliphatic rings. The van der Waals surface area contributed by atoms with Crippen LogP contribution in [0.2, 0.25) is 0 Å². The quantitative estimate of drug-likeness (QED) is 0.664. The van der Waals surface area contributed by atoms with Crippen molar-refractivity contribution in [1.29, 1.82) is 0 Å². The Bertz CT molecular complexity index is 172. The van der Waals surface area contributed by atoms with Crippen molar-refractivity contribution >= 4 is 0 Å². The smallest absolute Gasteiger partial charge is 0.00176 e. The Hall–Kier alpha value is -0.300. The molecule has 1 nitrogen and oxygen atoms in total. The maximum absolute atomic E-state index is 5.90. The lowest BCUT2D eigenvalue weighted by molar-refractivity contribution is 0.201. The molecule has 2 N–H and O–H groups in total. The van der Waals surface area contributed by atoms with Crippen molar-refractivity contribution < 1.29 is 0 Å². The summed E-state index contributed by atoms with van der Waals surface area (Å²) in [6.45, 7) is 5.22. The van der Waals surface area contributed by atoms with Crippen molar-refractivity contribution in [2.45, 2.75) is 52.4 Å². The highest BCUT2D eigenvalue weighted by Gasteiger charge is 2.28. The minimum atomic E-state index is 0.454. The average Bonchev–Trinajstić information content (AvgIpc) is 2.16. The van der Waals surface area contributed by atoms with Crippen molar-refractivity contribution in [3.8, 4) is 0 Å². The van der Waals surface area contributed by atoms with Gasteiger partial charge in [-0.1, -0.05) is 30.9 Å². The van der Waals surface area contributed by atoms with Crippen LogP contribution in [-0.4, -0.2) is 6.54 Å². The SMILES string of the molecule is CC(C)=CCC1(CN)CCCCC1. The molecule has 0 heterocycles. The van der Waals surface area contributed by atoms with Crippen molar-refractivity contribution in [2.75, 3.05) is 6.54 Å². The van der Waals surface area contributed by atoms with E-state index in [1.54, 1.807) is 0 Å². The van der Waals surface area contributed by atoms with Gasteiger partial charge in [0.1, 0.15) is 0 Å². The molecule has 0 atom stereocenters. The Morgan fingerprint density at radius 2 is 1.85 bits per heavy atom. The monoisotopic (exact) mass is 181 g/mol. The normalized spacial score (nSPS) is 21.2. The molecule has 0 bridgehead atoms. The summed E-state index contributed by atoms with van der Waals surface area (Å²) in [5.41, 5.74) is 7.78. The molecule has 1 saturated carbocycles. The van der Waals surface area contributed by atoms with E-state index in [2.05, 4.69) is 19.9 Å². The second-order valence-electron chi connectivity index (χ2n) is 4.75. The fourth-order valence-corrected chi connectivity index (χ4v) is 2.21. The summed E-state index contributed by atoms with van der Waals surface area (Å²) in [6, 6.07) is 0. The van der Waals surface area contributed by atoms with Gasteiger partial charge in [0.05, 0.1) is 0 Å². The van der Waals surface area contributed by atoms with Gasteiger partial charge in [0.15, 0.2) is 0 Å². The molecule has 0 amide bonds. The number of hydrogen-bond acceptors (Lipinski definition) is 1. The molecule has 1 aliphatic carbocycles. The molecule has 0 radical (unpaired) electrons. The van der Waals surface area contributed by atoms with E-state index >= 15 is 0 Å². The first-order valence-corrected chi connectivity index (χ1v) is 5.52. The minimum Gasteiger partial charge on any atom is -0.330 e. The molecule has 1 rings (SSSR count). The van der Waals surface area contributed by atoms with Crippen LogP contribution in [-0.2, 0) is 0 Å². The largest absolute Gasteiger partial charge is 0.330 e. The van der Waals surface area contributed by atoms with Crippen molar-refractivity contribution in [3.05, 3.63) is 11.6 Å². The van der Waals surface area contributed by atoms with E-state index in [9.17, 15) is 0 Å². The minimum absolute atomic E-state index is 0.454. The Balaban J connectivity index is 2.52. The number of hydrogen-bond donors (Lipinski definition) is 1. The van der Waals surface area contributed by atoms with Crippen LogP contribution < -0.4 is 5.73 Å². The van der Waals surface area contributed by atoms with Gasteiger partial charge in [-0.25, -0.2) is 0 Å². The van der Waals surface area contributed by atoms with E-state index in [-0.39, 0.29) is 0 Å². The predicted octanol–water partition coefficient (Wildman–Crippen LogP) is 3.25. The molecule has 0 aliphatic heterocycles. The van der Waals surface area contributed by atoms with E-state index in [4.69, 9.17) is 5.73 Å². The highest BCUT2D eigenvalue weighted by Crippen LogP contribution is 2.38.